The molecule has 19 heavy (non-hydrogen) atoms. The number of hydrogen-bond acceptors (Lipinski definition) is 3. The summed E-state index contributed by atoms with van der Waals surface area (Å²) < 4.78 is 21.4. The first kappa shape index (κ1) is 12.6. The van der Waals surface area contributed by atoms with Gasteiger partial charge in [0.05, 0.1) is 11.6 Å². The molecule has 0 spiro atoms. The maximum atomic E-state index is 13.6. The van der Waals surface area contributed by atoms with Crippen LogP contribution >= 0.6 is 0 Å². The van der Waals surface area contributed by atoms with Crippen molar-refractivity contribution in [3.63, 3.8) is 0 Å². The van der Waals surface area contributed by atoms with E-state index in [2.05, 4.69) is 10.3 Å². The van der Waals surface area contributed by atoms with Crippen molar-refractivity contribution in [3.05, 3.63) is 29.8 Å². The molecule has 1 aromatic heterocycles. The summed E-state index contributed by atoms with van der Waals surface area (Å²) in [5.41, 5.74) is 1.23. The van der Waals surface area contributed by atoms with Crippen molar-refractivity contribution in [1.82, 2.24) is 14.9 Å². The molecule has 1 fully saturated rings. The number of fused-ring (bicyclic) bond motifs is 1. The van der Waals surface area contributed by atoms with Gasteiger partial charge in [-0.15, -0.1) is 0 Å². The Morgan fingerprint density at radius 1 is 1.42 bits per heavy atom. The average molecular weight is 263 g/mol. The fourth-order valence-electron chi connectivity index (χ4n) is 2.51. The molecular formula is C14H18FN3O. The molecule has 102 valence electrons. The van der Waals surface area contributed by atoms with E-state index in [-0.39, 0.29) is 11.9 Å². The first-order chi connectivity index (χ1) is 9.25. The summed E-state index contributed by atoms with van der Waals surface area (Å²) in [5, 5.41) is 3.30. The van der Waals surface area contributed by atoms with Crippen molar-refractivity contribution in [1.29, 1.82) is 0 Å². The highest BCUT2D eigenvalue weighted by molar-refractivity contribution is 5.76. The number of hydrogen-bond donors (Lipinski definition) is 1. The zero-order valence-corrected chi connectivity index (χ0v) is 11.0. The van der Waals surface area contributed by atoms with E-state index in [4.69, 9.17) is 4.74 Å². The van der Waals surface area contributed by atoms with Crippen LogP contribution in [0.5, 0.6) is 0 Å². The van der Waals surface area contributed by atoms with E-state index in [1.165, 1.54) is 6.07 Å². The number of aromatic nitrogens is 2. The fraction of sp³-hybridized carbons (Fsp3) is 0.500. The third-order valence-electron chi connectivity index (χ3n) is 3.69. The van der Waals surface area contributed by atoms with Crippen LogP contribution in [0.4, 0.5) is 4.39 Å². The van der Waals surface area contributed by atoms with Crippen LogP contribution in [0.2, 0.25) is 0 Å². The molecule has 1 aliphatic heterocycles. The second kappa shape index (κ2) is 5.27. The molecule has 2 heterocycles. The number of rotatable bonds is 3. The Hall–Kier alpha value is -1.46. The minimum absolute atomic E-state index is 0.277. The van der Waals surface area contributed by atoms with E-state index in [1.807, 2.05) is 17.7 Å². The Balaban J connectivity index is 1.77. The molecule has 2 aromatic rings. The number of nitrogens with zero attached hydrogens (tertiary/aromatic N) is 2. The zero-order chi connectivity index (χ0) is 13.2. The largest absolute Gasteiger partial charge is 0.370 e. The lowest BCUT2D eigenvalue weighted by molar-refractivity contribution is 0.0170. The number of benzene rings is 1. The molecule has 0 atom stereocenters. The number of piperidine rings is 1. The van der Waals surface area contributed by atoms with Crippen LogP contribution in [0, 0.1) is 5.82 Å². The number of nitrogens with one attached hydrogen (secondary N) is 1. The Kier molecular flexibility index (Phi) is 3.48. The Bertz CT molecular complexity index is 575. The molecule has 1 aromatic carbocycles. The molecule has 0 aliphatic carbocycles. The van der Waals surface area contributed by atoms with Crippen molar-refractivity contribution in [2.24, 2.45) is 7.05 Å². The minimum atomic E-state index is -0.277. The van der Waals surface area contributed by atoms with Gasteiger partial charge in [0.25, 0.3) is 0 Å². The number of imidazole rings is 1. The van der Waals surface area contributed by atoms with Crippen LogP contribution in [0.3, 0.4) is 0 Å². The van der Waals surface area contributed by atoms with Crippen LogP contribution in [-0.4, -0.2) is 28.7 Å². The van der Waals surface area contributed by atoms with Gasteiger partial charge >= 0.3 is 0 Å². The van der Waals surface area contributed by atoms with Crippen molar-refractivity contribution in [2.45, 2.75) is 25.6 Å². The monoisotopic (exact) mass is 263 g/mol. The summed E-state index contributed by atoms with van der Waals surface area (Å²) >= 11 is 0. The summed E-state index contributed by atoms with van der Waals surface area (Å²) in [6.07, 6.45) is 2.34. The normalized spacial score (nSPS) is 17.2. The van der Waals surface area contributed by atoms with E-state index in [0.717, 1.165) is 37.3 Å². The lowest BCUT2D eigenvalue weighted by atomic mass is 10.1. The van der Waals surface area contributed by atoms with Crippen LogP contribution in [-0.2, 0) is 18.4 Å². The van der Waals surface area contributed by atoms with Crippen LogP contribution in [0.1, 0.15) is 18.7 Å². The number of para-hydroxylation sites is 1. The first-order valence-corrected chi connectivity index (χ1v) is 6.68. The predicted octanol–water partition coefficient (Wildman–Crippen LogP) is 1.98. The van der Waals surface area contributed by atoms with Gasteiger partial charge in [-0.05, 0) is 38.1 Å². The highest BCUT2D eigenvalue weighted by Crippen LogP contribution is 2.19. The fourth-order valence-corrected chi connectivity index (χ4v) is 2.51. The molecule has 0 saturated carbocycles. The van der Waals surface area contributed by atoms with Gasteiger partial charge in [-0.2, -0.15) is 0 Å². The minimum Gasteiger partial charge on any atom is -0.370 e. The summed E-state index contributed by atoms with van der Waals surface area (Å²) in [6, 6.07) is 5.02. The Labute approximate surface area is 111 Å². The summed E-state index contributed by atoms with van der Waals surface area (Å²) in [7, 11) is 1.90. The predicted molar refractivity (Wildman–Crippen MR) is 71.4 cm³/mol. The van der Waals surface area contributed by atoms with Gasteiger partial charge in [-0.1, -0.05) is 6.07 Å². The molecule has 1 aliphatic rings. The molecule has 0 radical (unpaired) electrons. The topological polar surface area (TPSA) is 39.1 Å². The van der Waals surface area contributed by atoms with E-state index in [0.29, 0.717) is 12.1 Å². The van der Waals surface area contributed by atoms with Gasteiger partial charge in [0.2, 0.25) is 0 Å². The maximum absolute atomic E-state index is 13.6. The number of aryl methyl sites for hydroxylation is 1. The van der Waals surface area contributed by atoms with Crippen molar-refractivity contribution in [2.75, 3.05) is 13.1 Å². The van der Waals surface area contributed by atoms with Gasteiger partial charge in [0.1, 0.15) is 17.9 Å². The summed E-state index contributed by atoms with van der Waals surface area (Å²) in [6.45, 7) is 2.44. The molecule has 1 saturated heterocycles. The third-order valence-corrected chi connectivity index (χ3v) is 3.69. The van der Waals surface area contributed by atoms with Gasteiger partial charge in [-0.3, -0.25) is 0 Å². The van der Waals surface area contributed by atoms with Crippen molar-refractivity contribution < 1.29 is 9.13 Å². The third kappa shape index (κ3) is 2.48. The van der Waals surface area contributed by atoms with Gasteiger partial charge < -0.3 is 14.6 Å². The van der Waals surface area contributed by atoms with Gasteiger partial charge in [-0.25, -0.2) is 9.37 Å². The molecule has 1 N–H and O–H groups in total. The zero-order valence-electron chi connectivity index (χ0n) is 11.0. The highest BCUT2D eigenvalue weighted by atomic mass is 19.1. The first-order valence-electron chi connectivity index (χ1n) is 6.68. The number of ether oxygens (including phenoxy) is 1. The standard InChI is InChI=1S/C14H18FN3O/c1-18-12-4-2-3-11(15)14(12)17-13(18)9-19-10-5-7-16-8-6-10/h2-4,10,16H,5-9H2,1H3. The van der Waals surface area contributed by atoms with Gasteiger partial charge in [0.15, 0.2) is 5.82 Å². The lowest BCUT2D eigenvalue weighted by Gasteiger charge is -2.22. The molecule has 0 unspecified atom stereocenters. The molecular weight excluding hydrogens is 245 g/mol. The summed E-state index contributed by atoms with van der Waals surface area (Å²) in [5.74, 6) is 0.500. The Morgan fingerprint density at radius 2 is 2.21 bits per heavy atom. The molecule has 4 nitrogen and oxygen atoms in total. The van der Waals surface area contributed by atoms with E-state index in [9.17, 15) is 4.39 Å². The molecule has 3 rings (SSSR count). The van der Waals surface area contributed by atoms with E-state index in [1.54, 1.807) is 6.07 Å². The smallest absolute Gasteiger partial charge is 0.151 e. The second-order valence-electron chi connectivity index (χ2n) is 4.95. The Morgan fingerprint density at radius 3 is 2.95 bits per heavy atom. The maximum Gasteiger partial charge on any atom is 0.151 e. The van der Waals surface area contributed by atoms with Gasteiger partial charge in [0, 0.05) is 7.05 Å². The average Bonchev–Trinajstić information content (AvgIpc) is 2.77. The summed E-state index contributed by atoms with van der Waals surface area (Å²) in [4.78, 5) is 4.34. The van der Waals surface area contributed by atoms with E-state index < -0.39 is 0 Å². The lowest BCUT2D eigenvalue weighted by Crippen LogP contribution is -2.32. The number of halogens is 1. The van der Waals surface area contributed by atoms with Crippen LogP contribution in [0.15, 0.2) is 18.2 Å². The molecule has 5 heteroatoms. The molecule has 0 bridgehead atoms. The van der Waals surface area contributed by atoms with Crippen LogP contribution < -0.4 is 5.32 Å². The molecule has 0 amide bonds. The van der Waals surface area contributed by atoms with Crippen LogP contribution in [0.25, 0.3) is 11.0 Å². The van der Waals surface area contributed by atoms with Crippen molar-refractivity contribution >= 4 is 11.0 Å². The van der Waals surface area contributed by atoms with E-state index >= 15 is 0 Å². The second-order valence-corrected chi connectivity index (χ2v) is 4.95. The SMILES string of the molecule is Cn1c(COC2CCNCC2)nc2c(F)cccc21. The van der Waals surface area contributed by atoms with Crippen molar-refractivity contribution in [3.8, 4) is 0 Å². The highest BCUT2D eigenvalue weighted by Gasteiger charge is 2.16. The quantitative estimate of drug-likeness (QED) is 0.920.